The van der Waals surface area contributed by atoms with E-state index in [0.717, 1.165) is 0 Å². The Kier molecular flexibility index (Phi) is 4.25. The van der Waals surface area contributed by atoms with Crippen molar-refractivity contribution in [2.75, 3.05) is 18.9 Å². The summed E-state index contributed by atoms with van der Waals surface area (Å²) < 4.78 is 1.36. The van der Waals surface area contributed by atoms with Gasteiger partial charge in [-0.1, -0.05) is 0 Å². The van der Waals surface area contributed by atoms with Crippen molar-refractivity contribution in [2.45, 2.75) is 27.3 Å². The first-order chi connectivity index (χ1) is 8.01. The summed E-state index contributed by atoms with van der Waals surface area (Å²) in [5, 5.41) is 5.46. The molecular weight excluding hydrogens is 220 g/mol. The summed E-state index contributed by atoms with van der Waals surface area (Å²) in [5.74, 6) is 0.350. The molecule has 6 heteroatoms. The van der Waals surface area contributed by atoms with Gasteiger partial charge in [-0.15, -0.1) is 0 Å². The highest BCUT2D eigenvalue weighted by molar-refractivity contribution is 5.75. The quantitative estimate of drug-likeness (QED) is 0.776. The number of likely N-dealkylation sites (N-methyl/N-ethyl adjacent to an activating group) is 1. The minimum Gasteiger partial charge on any atom is -0.382 e. The summed E-state index contributed by atoms with van der Waals surface area (Å²) in [6.45, 7) is 5.86. The highest BCUT2D eigenvalue weighted by Crippen LogP contribution is 2.05. The van der Waals surface area contributed by atoms with Crippen LogP contribution in [0.2, 0.25) is 0 Å². The number of hydrogen-bond donors (Lipinski definition) is 2. The van der Waals surface area contributed by atoms with Crippen LogP contribution in [0.15, 0.2) is 4.79 Å². The van der Waals surface area contributed by atoms with Crippen LogP contribution in [0.25, 0.3) is 0 Å². The van der Waals surface area contributed by atoms with Gasteiger partial charge < -0.3 is 10.6 Å². The minimum atomic E-state index is -0.219. The van der Waals surface area contributed by atoms with Gasteiger partial charge in [-0.05, 0) is 20.8 Å². The Balaban J connectivity index is 3.16. The third-order valence-corrected chi connectivity index (χ3v) is 2.47. The van der Waals surface area contributed by atoms with Crippen molar-refractivity contribution in [3.63, 3.8) is 0 Å². The number of carbonyl (C=O) groups excluding carboxylic acids is 1. The lowest BCUT2D eigenvalue weighted by Crippen LogP contribution is -2.35. The SMILES string of the molecule is CCNC(=O)Cn1c(C)nc(C)c(NC)c1=O. The Bertz CT molecular complexity index is 479. The zero-order valence-corrected chi connectivity index (χ0v) is 10.6. The molecule has 94 valence electrons. The molecule has 0 fully saturated rings. The van der Waals surface area contributed by atoms with Crippen molar-refractivity contribution in [3.05, 3.63) is 21.9 Å². The molecule has 0 aliphatic rings. The summed E-state index contributed by atoms with van der Waals surface area (Å²) in [6.07, 6.45) is 0. The van der Waals surface area contributed by atoms with Gasteiger partial charge in [0.15, 0.2) is 0 Å². The molecule has 1 heterocycles. The molecule has 0 saturated heterocycles. The van der Waals surface area contributed by atoms with Crippen molar-refractivity contribution in [1.29, 1.82) is 0 Å². The summed E-state index contributed by atoms with van der Waals surface area (Å²) in [7, 11) is 1.66. The molecular formula is C11H18N4O2. The number of nitrogens with zero attached hydrogens (tertiary/aromatic N) is 2. The fraction of sp³-hybridized carbons (Fsp3) is 0.545. The van der Waals surface area contributed by atoms with E-state index in [0.29, 0.717) is 23.8 Å². The first-order valence-corrected chi connectivity index (χ1v) is 5.53. The molecule has 0 aliphatic heterocycles. The number of nitrogens with one attached hydrogen (secondary N) is 2. The van der Waals surface area contributed by atoms with E-state index in [2.05, 4.69) is 15.6 Å². The van der Waals surface area contributed by atoms with Crippen molar-refractivity contribution in [3.8, 4) is 0 Å². The molecule has 6 nitrogen and oxygen atoms in total. The molecule has 0 unspecified atom stereocenters. The van der Waals surface area contributed by atoms with E-state index in [9.17, 15) is 9.59 Å². The summed E-state index contributed by atoms with van der Waals surface area (Å²) in [5.41, 5.74) is 0.853. The van der Waals surface area contributed by atoms with Gasteiger partial charge in [0.05, 0.1) is 5.69 Å². The van der Waals surface area contributed by atoms with Crippen LogP contribution < -0.4 is 16.2 Å². The fourth-order valence-electron chi connectivity index (χ4n) is 1.67. The minimum absolute atomic E-state index is 0.000463. The average molecular weight is 238 g/mol. The molecule has 1 aromatic rings. The predicted molar refractivity (Wildman–Crippen MR) is 66.2 cm³/mol. The van der Waals surface area contributed by atoms with Crippen LogP contribution in [0, 0.1) is 13.8 Å². The predicted octanol–water partition coefficient (Wildman–Crippen LogP) is 0.0379. The first kappa shape index (κ1) is 13.2. The van der Waals surface area contributed by atoms with E-state index in [1.165, 1.54) is 4.57 Å². The maximum absolute atomic E-state index is 12.1. The molecule has 17 heavy (non-hydrogen) atoms. The summed E-state index contributed by atoms with van der Waals surface area (Å²) in [4.78, 5) is 27.8. The molecule has 1 rings (SSSR count). The highest BCUT2D eigenvalue weighted by atomic mass is 16.2. The Morgan fingerprint density at radius 1 is 1.41 bits per heavy atom. The van der Waals surface area contributed by atoms with Crippen LogP contribution in [0.4, 0.5) is 5.69 Å². The normalized spacial score (nSPS) is 10.1. The van der Waals surface area contributed by atoms with Crippen LogP contribution in [0.3, 0.4) is 0 Å². The number of amides is 1. The second-order valence-corrected chi connectivity index (χ2v) is 3.71. The second kappa shape index (κ2) is 5.47. The smallest absolute Gasteiger partial charge is 0.277 e. The number of hydrogen-bond acceptors (Lipinski definition) is 4. The molecule has 0 saturated carbocycles. The van der Waals surface area contributed by atoms with E-state index < -0.39 is 0 Å². The van der Waals surface area contributed by atoms with E-state index >= 15 is 0 Å². The van der Waals surface area contributed by atoms with Gasteiger partial charge in [0, 0.05) is 13.6 Å². The van der Waals surface area contributed by atoms with Gasteiger partial charge >= 0.3 is 0 Å². The maximum atomic E-state index is 12.1. The van der Waals surface area contributed by atoms with Crippen LogP contribution in [-0.2, 0) is 11.3 Å². The number of anilines is 1. The van der Waals surface area contributed by atoms with E-state index in [1.54, 1.807) is 20.9 Å². The van der Waals surface area contributed by atoms with Gasteiger partial charge in [-0.3, -0.25) is 14.2 Å². The Morgan fingerprint density at radius 3 is 2.59 bits per heavy atom. The second-order valence-electron chi connectivity index (χ2n) is 3.71. The Morgan fingerprint density at radius 2 is 2.06 bits per heavy atom. The van der Waals surface area contributed by atoms with Gasteiger partial charge in [-0.2, -0.15) is 0 Å². The van der Waals surface area contributed by atoms with Crippen molar-refractivity contribution in [1.82, 2.24) is 14.9 Å². The summed E-state index contributed by atoms with van der Waals surface area (Å²) >= 11 is 0. The topological polar surface area (TPSA) is 76.0 Å². The zero-order valence-electron chi connectivity index (χ0n) is 10.6. The zero-order chi connectivity index (χ0) is 13.0. The average Bonchev–Trinajstić information content (AvgIpc) is 2.25. The number of carbonyl (C=O) groups is 1. The van der Waals surface area contributed by atoms with Gasteiger partial charge in [0.25, 0.3) is 5.56 Å². The van der Waals surface area contributed by atoms with Gasteiger partial charge in [0.2, 0.25) is 5.91 Å². The lowest BCUT2D eigenvalue weighted by atomic mass is 10.3. The van der Waals surface area contributed by atoms with Crippen molar-refractivity contribution < 1.29 is 4.79 Å². The largest absolute Gasteiger partial charge is 0.382 e. The van der Waals surface area contributed by atoms with E-state index in [-0.39, 0.29) is 18.0 Å². The van der Waals surface area contributed by atoms with Crippen molar-refractivity contribution in [2.24, 2.45) is 0 Å². The van der Waals surface area contributed by atoms with Crippen LogP contribution in [-0.4, -0.2) is 29.1 Å². The lowest BCUT2D eigenvalue weighted by Gasteiger charge is -2.12. The molecule has 0 aromatic carbocycles. The Labute approximate surface area is 100 Å². The Hall–Kier alpha value is -1.85. The van der Waals surface area contributed by atoms with E-state index in [4.69, 9.17) is 0 Å². The monoisotopic (exact) mass is 238 g/mol. The first-order valence-electron chi connectivity index (χ1n) is 5.53. The third kappa shape index (κ3) is 2.83. The number of aromatic nitrogens is 2. The highest BCUT2D eigenvalue weighted by Gasteiger charge is 2.12. The molecule has 1 aromatic heterocycles. The fourth-order valence-corrected chi connectivity index (χ4v) is 1.67. The molecule has 2 N–H and O–H groups in total. The number of aryl methyl sites for hydroxylation is 2. The van der Waals surface area contributed by atoms with E-state index in [1.807, 2.05) is 6.92 Å². The van der Waals surface area contributed by atoms with Crippen LogP contribution >= 0.6 is 0 Å². The van der Waals surface area contributed by atoms with Crippen LogP contribution in [0.5, 0.6) is 0 Å². The summed E-state index contributed by atoms with van der Waals surface area (Å²) in [6, 6.07) is 0. The van der Waals surface area contributed by atoms with Crippen LogP contribution in [0.1, 0.15) is 18.4 Å². The van der Waals surface area contributed by atoms with Gasteiger partial charge in [-0.25, -0.2) is 4.98 Å². The molecule has 0 spiro atoms. The molecule has 0 radical (unpaired) electrons. The number of rotatable bonds is 4. The molecule has 0 bridgehead atoms. The molecule has 0 aliphatic carbocycles. The standard InChI is InChI=1S/C11H18N4O2/c1-5-13-9(16)6-15-8(3)14-7(2)10(12-4)11(15)17/h12H,5-6H2,1-4H3,(H,13,16). The lowest BCUT2D eigenvalue weighted by molar-refractivity contribution is -0.121. The maximum Gasteiger partial charge on any atom is 0.277 e. The molecule has 0 atom stereocenters. The third-order valence-electron chi connectivity index (χ3n) is 2.47. The van der Waals surface area contributed by atoms with Crippen molar-refractivity contribution >= 4 is 11.6 Å². The van der Waals surface area contributed by atoms with Gasteiger partial charge in [0.1, 0.15) is 18.1 Å². The molecule has 1 amide bonds.